The standard InChI is InChI=1S/C20H31PS2Se/c1-17(22-20-15-9-4-10-16-20)23-21(24,18-11-5-2-6-12-18)19-13-7-3-8-14-19/h4,9-10,15-19H,2-3,5-8,11-14H2,1H3. The van der Waals surface area contributed by atoms with Crippen LogP contribution in [0.1, 0.15) is 71.1 Å². The van der Waals surface area contributed by atoms with Crippen molar-refractivity contribution in [2.24, 2.45) is 0 Å². The van der Waals surface area contributed by atoms with Crippen LogP contribution in [0.15, 0.2) is 35.2 Å². The Kier molecular flexibility index (Phi) is 7.93. The molecule has 0 amide bonds. The van der Waals surface area contributed by atoms with E-state index in [9.17, 15) is 0 Å². The molecule has 134 valence electrons. The van der Waals surface area contributed by atoms with Gasteiger partial charge in [-0.3, -0.25) is 0 Å². The molecule has 1 aromatic carbocycles. The number of hydrogen-bond donors (Lipinski definition) is 0. The molecule has 4 heteroatoms. The molecule has 1 aromatic rings. The number of thioether (sulfide) groups is 1. The van der Waals surface area contributed by atoms with Gasteiger partial charge in [-0.1, -0.05) is 0 Å². The fraction of sp³-hybridized carbons (Fsp3) is 0.700. The second kappa shape index (κ2) is 9.70. The Hall–Kier alpha value is 0.869. The van der Waals surface area contributed by atoms with E-state index in [1.165, 1.54) is 69.1 Å². The average molecular weight is 446 g/mol. The number of rotatable bonds is 6. The third-order valence-corrected chi connectivity index (χ3v) is 20.2. The fourth-order valence-electron chi connectivity index (χ4n) is 4.30. The summed E-state index contributed by atoms with van der Waals surface area (Å²) in [5, 5.41) is 0. The van der Waals surface area contributed by atoms with E-state index in [4.69, 9.17) is 0 Å². The molecule has 0 radical (unpaired) electrons. The van der Waals surface area contributed by atoms with Crippen molar-refractivity contribution in [1.82, 2.24) is 0 Å². The summed E-state index contributed by atoms with van der Waals surface area (Å²) in [6.07, 6.45) is 14.8. The van der Waals surface area contributed by atoms with Crippen LogP contribution in [0.2, 0.25) is 0 Å². The van der Waals surface area contributed by atoms with Gasteiger partial charge in [-0.2, -0.15) is 0 Å². The summed E-state index contributed by atoms with van der Waals surface area (Å²) in [5.41, 5.74) is 2.00. The SMILES string of the molecule is CC(Sc1ccccc1)SP(=[Se])(C1CCCCC1)C1CCCCC1. The van der Waals surface area contributed by atoms with E-state index in [2.05, 4.69) is 75.5 Å². The van der Waals surface area contributed by atoms with Gasteiger partial charge in [0.2, 0.25) is 0 Å². The summed E-state index contributed by atoms with van der Waals surface area (Å²) >= 11 is 8.35. The van der Waals surface area contributed by atoms with Gasteiger partial charge in [-0.15, -0.1) is 0 Å². The Morgan fingerprint density at radius 3 is 1.88 bits per heavy atom. The van der Waals surface area contributed by atoms with Gasteiger partial charge in [0.05, 0.1) is 0 Å². The van der Waals surface area contributed by atoms with Gasteiger partial charge >= 0.3 is 165 Å². The summed E-state index contributed by atoms with van der Waals surface area (Å²) < 4.78 is -0.384. The molecule has 0 saturated heterocycles. The summed E-state index contributed by atoms with van der Waals surface area (Å²) in [6, 6.07) is 11.0. The average Bonchev–Trinajstić information content (AvgIpc) is 2.64. The van der Waals surface area contributed by atoms with Crippen molar-refractivity contribution >= 4 is 43.0 Å². The van der Waals surface area contributed by atoms with Gasteiger partial charge in [0.1, 0.15) is 0 Å². The molecular weight excluding hydrogens is 414 g/mol. The second-order valence-electron chi connectivity index (χ2n) is 7.33. The van der Waals surface area contributed by atoms with Gasteiger partial charge in [0, 0.05) is 0 Å². The molecule has 0 aromatic heterocycles. The van der Waals surface area contributed by atoms with Crippen molar-refractivity contribution in [2.75, 3.05) is 0 Å². The van der Waals surface area contributed by atoms with E-state index in [0.717, 1.165) is 11.3 Å². The first-order chi connectivity index (χ1) is 11.7. The first-order valence-corrected chi connectivity index (χ1v) is 16.2. The van der Waals surface area contributed by atoms with Gasteiger partial charge in [-0.25, -0.2) is 0 Å². The zero-order chi connectivity index (χ0) is 16.8. The van der Waals surface area contributed by atoms with E-state index < -0.39 is 4.71 Å². The molecule has 0 spiro atoms. The van der Waals surface area contributed by atoms with Gasteiger partial charge in [0.25, 0.3) is 0 Å². The van der Waals surface area contributed by atoms with Crippen molar-refractivity contribution in [3.63, 3.8) is 0 Å². The maximum absolute atomic E-state index is 3.91. The van der Waals surface area contributed by atoms with Gasteiger partial charge < -0.3 is 0 Å². The van der Waals surface area contributed by atoms with Gasteiger partial charge in [0.15, 0.2) is 0 Å². The molecule has 2 aliphatic rings. The molecule has 0 nitrogen and oxygen atoms in total. The van der Waals surface area contributed by atoms with Crippen molar-refractivity contribution < 1.29 is 0 Å². The van der Waals surface area contributed by atoms with E-state index in [1.807, 2.05) is 0 Å². The van der Waals surface area contributed by atoms with Crippen molar-refractivity contribution in [3.8, 4) is 0 Å². The predicted octanol–water partition coefficient (Wildman–Crippen LogP) is 7.54. The van der Waals surface area contributed by atoms with Crippen molar-refractivity contribution in [2.45, 2.75) is 91.9 Å². The van der Waals surface area contributed by atoms with Crippen LogP contribution in [-0.4, -0.2) is 31.0 Å². The second-order valence-corrected chi connectivity index (χ2v) is 20.5. The minimum atomic E-state index is -1.04. The molecule has 2 fully saturated rings. The van der Waals surface area contributed by atoms with Crippen molar-refractivity contribution in [3.05, 3.63) is 30.3 Å². The Bertz CT molecular complexity index is 514. The minimum absolute atomic E-state index is 0.658. The van der Waals surface area contributed by atoms with Crippen LogP contribution in [0.3, 0.4) is 0 Å². The zero-order valence-electron chi connectivity index (χ0n) is 14.9. The molecule has 3 rings (SSSR count). The molecule has 0 aliphatic heterocycles. The van der Waals surface area contributed by atoms with Crippen LogP contribution < -0.4 is 0 Å². The van der Waals surface area contributed by atoms with E-state index in [0.29, 0.717) is 4.58 Å². The van der Waals surface area contributed by atoms with E-state index in [-0.39, 0.29) is 0 Å². The molecule has 0 heterocycles. The molecule has 1 atom stereocenters. The van der Waals surface area contributed by atoms with Crippen LogP contribution in [0.25, 0.3) is 0 Å². The molecular formula is C20H31PS2Se. The zero-order valence-corrected chi connectivity index (χ0v) is 19.1. The molecule has 2 aliphatic carbocycles. The quantitative estimate of drug-likeness (QED) is 0.192. The molecule has 2 saturated carbocycles. The topological polar surface area (TPSA) is 0 Å². The number of hydrogen-bond acceptors (Lipinski definition) is 2. The Balaban J connectivity index is 1.72. The molecule has 1 unspecified atom stereocenters. The predicted molar refractivity (Wildman–Crippen MR) is 116 cm³/mol. The summed E-state index contributed by atoms with van der Waals surface area (Å²) in [6.45, 7) is 2.44. The normalized spacial score (nSPS) is 22.4. The number of benzene rings is 1. The third kappa shape index (κ3) is 5.20. The van der Waals surface area contributed by atoms with E-state index >= 15 is 0 Å². The first-order valence-electron chi connectivity index (χ1n) is 9.68. The van der Waals surface area contributed by atoms with Crippen LogP contribution in [0.4, 0.5) is 0 Å². The Morgan fingerprint density at radius 1 is 0.875 bits per heavy atom. The van der Waals surface area contributed by atoms with Crippen LogP contribution >= 0.6 is 27.9 Å². The van der Waals surface area contributed by atoms with Crippen LogP contribution in [0.5, 0.6) is 0 Å². The first kappa shape index (κ1) is 19.6. The Morgan fingerprint density at radius 2 is 1.38 bits per heavy atom. The van der Waals surface area contributed by atoms with Crippen molar-refractivity contribution in [1.29, 1.82) is 0 Å². The Labute approximate surface area is 164 Å². The van der Waals surface area contributed by atoms with E-state index in [1.54, 1.807) is 0 Å². The maximum atomic E-state index is 3.91. The fourth-order valence-corrected chi connectivity index (χ4v) is 20.6. The van der Waals surface area contributed by atoms with Crippen LogP contribution in [-0.2, 0) is 0 Å². The monoisotopic (exact) mass is 446 g/mol. The summed E-state index contributed by atoms with van der Waals surface area (Å²) in [5.74, 6) is 0. The van der Waals surface area contributed by atoms with Crippen LogP contribution in [0, 0.1) is 0 Å². The molecule has 24 heavy (non-hydrogen) atoms. The molecule has 0 N–H and O–H groups in total. The van der Waals surface area contributed by atoms with Gasteiger partial charge in [-0.05, 0) is 0 Å². The third-order valence-electron chi connectivity index (χ3n) is 5.53. The summed E-state index contributed by atoms with van der Waals surface area (Å²) in [4.78, 5) is 1.43. The summed E-state index contributed by atoms with van der Waals surface area (Å²) in [7, 11) is 0. The molecule has 0 bridgehead atoms.